The molecular weight excluding hydrogens is 335 g/mol. The second-order valence-electron chi connectivity index (χ2n) is 6.38. The van der Waals surface area contributed by atoms with Gasteiger partial charge in [-0.05, 0) is 30.3 Å². The quantitative estimate of drug-likeness (QED) is 0.877. The van der Waals surface area contributed by atoms with Crippen molar-refractivity contribution in [1.82, 2.24) is 4.90 Å². The van der Waals surface area contributed by atoms with Gasteiger partial charge in [-0.25, -0.2) is 4.39 Å². The Morgan fingerprint density at radius 2 is 1.85 bits per heavy atom. The van der Waals surface area contributed by atoms with Crippen molar-refractivity contribution >= 4 is 5.91 Å². The lowest BCUT2D eigenvalue weighted by Crippen LogP contribution is -3.13. The van der Waals surface area contributed by atoms with Gasteiger partial charge in [0.2, 0.25) is 0 Å². The summed E-state index contributed by atoms with van der Waals surface area (Å²) >= 11 is 0. The summed E-state index contributed by atoms with van der Waals surface area (Å²) in [4.78, 5) is 15.7. The molecule has 0 aromatic heterocycles. The minimum atomic E-state index is -0.384. The van der Waals surface area contributed by atoms with Crippen molar-refractivity contribution in [3.63, 3.8) is 0 Å². The maximum atomic E-state index is 13.3. The highest BCUT2D eigenvalue weighted by atomic mass is 19.1. The maximum absolute atomic E-state index is 13.3. The molecule has 2 aromatic carbocycles. The molecule has 1 amide bonds. The zero-order chi connectivity index (χ0) is 18.5. The Kier molecular flexibility index (Phi) is 5.73. The molecule has 1 fully saturated rings. The number of para-hydroxylation sites is 1. The van der Waals surface area contributed by atoms with Gasteiger partial charge in [-0.15, -0.1) is 0 Å². The Morgan fingerprint density at radius 1 is 1.12 bits per heavy atom. The molecule has 0 spiro atoms. The van der Waals surface area contributed by atoms with E-state index in [1.807, 2.05) is 18.2 Å². The normalized spacial score (nSPS) is 15.0. The summed E-state index contributed by atoms with van der Waals surface area (Å²) < 4.78 is 24.2. The van der Waals surface area contributed by atoms with Crippen molar-refractivity contribution in [2.45, 2.75) is 6.54 Å². The lowest BCUT2D eigenvalue weighted by Gasteiger charge is -2.32. The van der Waals surface area contributed by atoms with Crippen LogP contribution in [0.4, 0.5) is 4.39 Å². The molecule has 1 saturated heterocycles. The van der Waals surface area contributed by atoms with E-state index >= 15 is 0 Å². The highest BCUT2D eigenvalue weighted by molar-refractivity contribution is 5.94. The second-order valence-corrected chi connectivity index (χ2v) is 6.38. The first-order valence-electron chi connectivity index (χ1n) is 8.70. The Morgan fingerprint density at radius 3 is 2.50 bits per heavy atom. The van der Waals surface area contributed by atoms with E-state index in [1.165, 1.54) is 17.0 Å². The van der Waals surface area contributed by atoms with Crippen LogP contribution >= 0.6 is 0 Å². The van der Waals surface area contributed by atoms with Gasteiger partial charge < -0.3 is 19.3 Å². The zero-order valence-electron chi connectivity index (χ0n) is 15.1. The number of amides is 1. The van der Waals surface area contributed by atoms with Crippen LogP contribution in [0.3, 0.4) is 0 Å². The van der Waals surface area contributed by atoms with Gasteiger partial charge in [-0.2, -0.15) is 0 Å². The molecule has 0 atom stereocenters. The van der Waals surface area contributed by atoms with Crippen molar-refractivity contribution in [2.24, 2.45) is 0 Å². The molecule has 6 heteroatoms. The fourth-order valence-electron chi connectivity index (χ4n) is 3.37. The summed E-state index contributed by atoms with van der Waals surface area (Å²) in [6.45, 7) is 3.78. The molecule has 1 N–H and O–H groups in total. The van der Waals surface area contributed by atoms with Gasteiger partial charge in [0.1, 0.15) is 12.4 Å². The molecule has 0 bridgehead atoms. The summed E-state index contributed by atoms with van der Waals surface area (Å²) in [5, 5.41) is 0. The molecule has 138 valence electrons. The first-order valence-corrected chi connectivity index (χ1v) is 8.70. The number of carbonyl (C=O) groups excluding carboxylic acids is 1. The van der Waals surface area contributed by atoms with E-state index in [0.717, 1.165) is 36.7 Å². The number of carbonyl (C=O) groups is 1. The number of ether oxygens (including phenoxy) is 2. The largest absolute Gasteiger partial charge is 0.493 e. The van der Waals surface area contributed by atoms with E-state index in [4.69, 9.17) is 9.47 Å². The molecular formula is C20H24FN2O3+. The Labute approximate surface area is 152 Å². The van der Waals surface area contributed by atoms with Crippen LogP contribution in [0.1, 0.15) is 15.9 Å². The monoisotopic (exact) mass is 359 g/mol. The van der Waals surface area contributed by atoms with E-state index in [0.29, 0.717) is 18.7 Å². The van der Waals surface area contributed by atoms with Crippen LogP contribution < -0.4 is 14.4 Å². The predicted octanol–water partition coefficient (Wildman–Crippen LogP) is 1.38. The molecule has 3 rings (SSSR count). The Balaban J connectivity index is 1.62. The minimum absolute atomic E-state index is 0.109. The van der Waals surface area contributed by atoms with Crippen molar-refractivity contribution in [1.29, 1.82) is 0 Å². The van der Waals surface area contributed by atoms with E-state index in [1.54, 1.807) is 31.3 Å². The van der Waals surface area contributed by atoms with Gasteiger partial charge in [0.25, 0.3) is 5.91 Å². The van der Waals surface area contributed by atoms with Crippen LogP contribution in [-0.4, -0.2) is 51.2 Å². The van der Waals surface area contributed by atoms with Gasteiger partial charge in [0.05, 0.1) is 46.0 Å². The first kappa shape index (κ1) is 18.2. The van der Waals surface area contributed by atoms with Crippen LogP contribution in [0.15, 0.2) is 42.5 Å². The van der Waals surface area contributed by atoms with E-state index < -0.39 is 0 Å². The summed E-state index contributed by atoms with van der Waals surface area (Å²) in [6, 6.07) is 11.7. The fraction of sp³-hybridized carbons (Fsp3) is 0.350. The van der Waals surface area contributed by atoms with Gasteiger partial charge >= 0.3 is 0 Å². The fourth-order valence-corrected chi connectivity index (χ4v) is 3.37. The van der Waals surface area contributed by atoms with Crippen molar-refractivity contribution < 1.29 is 23.6 Å². The molecule has 1 aliphatic rings. The number of hydrogen-bond donors (Lipinski definition) is 1. The Bertz CT molecular complexity index is 773. The second kappa shape index (κ2) is 8.19. The highest BCUT2D eigenvalue weighted by Gasteiger charge is 2.26. The number of quaternary nitrogens is 1. The lowest BCUT2D eigenvalue weighted by atomic mass is 10.1. The van der Waals surface area contributed by atoms with E-state index in [9.17, 15) is 9.18 Å². The van der Waals surface area contributed by atoms with Gasteiger partial charge in [-0.3, -0.25) is 4.79 Å². The number of rotatable bonds is 5. The molecule has 0 radical (unpaired) electrons. The number of hydrogen-bond acceptors (Lipinski definition) is 3. The van der Waals surface area contributed by atoms with Crippen LogP contribution in [0.2, 0.25) is 0 Å². The van der Waals surface area contributed by atoms with Crippen LogP contribution in [-0.2, 0) is 6.54 Å². The molecule has 0 unspecified atom stereocenters. The third-order valence-electron chi connectivity index (χ3n) is 4.75. The number of benzene rings is 2. The molecule has 2 aromatic rings. The zero-order valence-corrected chi connectivity index (χ0v) is 15.1. The number of methoxy groups -OCH3 is 2. The molecule has 0 aliphatic carbocycles. The number of nitrogens with zero attached hydrogens (tertiary/aromatic N) is 1. The molecule has 0 saturated carbocycles. The van der Waals surface area contributed by atoms with Crippen molar-refractivity contribution in [2.75, 3.05) is 40.4 Å². The minimum Gasteiger partial charge on any atom is -0.493 e. The van der Waals surface area contributed by atoms with Gasteiger partial charge in [0.15, 0.2) is 11.5 Å². The summed E-state index contributed by atoms with van der Waals surface area (Å²) in [5.41, 5.74) is 1.50. The third-order valence-corrected chi connectivity index (χ3v) is 4.75. The summed E-state index contributed by atoms with van der Waals surface area (Å²) in [7, 11) is 3.28. The maximum Gasteiger partial charge on any atom is 0.254 e. The predicted molar refractivity (Wildman–Crippen MR) is 96.3 cm³/mol. The molecule has 1 heterocycles. The number of halogens is 1. The summed E-state index contributed by atoms with van der Waals surface area (Å²) in [6.07, 6.45) is 0. The van der Waals surface area contributed by atoms with Crippen molar-refractivity contribution in [3.8, 4) is 11.5 Å². The topological polar surface area (TPSA) is 43.2 Å². The SMILES string of the molecule is COc1cccc(C[NH+]2CCN(C(=O)c3cccc(F)c3)CC2)c1OC. The summed E-state index contributed by atoms with van der Waals surface area (Å²) in [5.74, 6) is 0.998. The number of piperazine rings is 1. The molecule has 5 nitrogen and oxygen atoms in total. The molecule has 1 aliphatic heterocycles. The highest BCUT2D eigenvalue weighted by Crippen LogP contribution is 2.30. The Hall–Kier alpha value is -2.60. The average molecular weight is 359 g/mol. The first-order chi connectivity index (χ1) is 12.6. The van der Waals surface area contributed by atoms with E-state index in [2.05, 4.69) is 0 Å². The van der Waals surface area contributed by atoms with Crippen LogP contribution in [0.5, 0.6) is 11.5 Å². The average Bonchev–Trinajstić information content (AvgIpc) is 2.67. The van der Waals surface area contributed by atoms with Gasteiger partial charge in [0, 0.05) is 5.56 Å². The lowest BCUT2D eigenvalue weighted by molar-refractivity contribution is -0.917. The third kappa shape index (κ3) is 3.96. The standard InChI is InChI=1S/C20H23FN2O3/c1-25-18-8-4-6-16(19(18)26-2)14-22-9-11-23(12-10-22)20(24)15-5-3-7-17(21)13-15/h3-8,13H,9-12,14H2,1-2H3/p+1. The van der Waals surface area contributed by atoms with Gasteiger partial charge in [-0.1, -0.05) is 12.1 Å². The van der Waals surface area contributed by atoms with Crippen LogP contribution in [0.25, 0.3) is 0 Å². The van der Waals surface area contributed by atoms with Crippen molar-refractivity contribution in [3.05, 3.63) is 59.4 Å². The van der Waals surface area contributed by atoms with E-state index in [-0.39, 0.29) is 11.7 Å². The smallest absolute Gasteiger partial charge is 0.254 e. The number of nitrogens with one attached hydrogen (secondary N) is 1. The molecule has 26 heavy (non-hydrogen) atoms. The van der Waals surface area contributed by atoms with Crippen LogP contribution in [0, 0.1) is 5.82 Å².